The van der Waals surface area contributed by atoms with Crippen molar-refractivity contribution >= 4 is 49.6 Å². The predicted octanol–water partition coefficient (Wildman–Crippen LogP) is 4.62. The second-order valence-electron chi connectivity index (χ2n) is 3.54. The largest absolute Gasteiger partial charge is 0.357 e. The molecule has 0 atom stereocenters. The quantitative estimate of drug-likeness (QED) is 0.757. The van der Waals surface area contributed by atoms with Crippen LogP contribution >= 0.6 is 34.3 Å². The third-order valence-corrected chi connectivity index (χ3v) is 4.73. The van der Waals surface area contributed by atoms with Gasteiger partial charge >= 0.3 is 0 Å². The molecule has 0 spiro atoms. The molecule has 86 valence electrons. The average molecular weight is 281 g/mol. The normalized spacial score (nSPS) is 10.9. The predicted molar refractivity (Wildman–Crippen MR) is 76.3 cm³/mol. The van der Waals surface area contributed by atoms with Crippen LogP contribution in [-0.2, 0) is 6.54 Å². The monoisotopic (exact) mass is 280 g/mol. The van der Waals surface area contributed by atoms with Crippen molar-refractivity contribution in [1.29, 1.82) is 0 Å². The molecule has 0 saturated carbocycles. The van der Waals surface area contributed by atoms with Gasteiger partial charge < -0.3 is 5.32 Å². The van der Waals surface area contributed by atoms with E-state index in [1.165, 1.54) is 4.88 Å². The molecular formula is C12H9ClN2S2. The van der Waals surface area contributed by atoms with E-state index in [4.69, 9.17) is 11.6 Å². The fraction of sp³-hybridized carbons (Fsp3) is 0.0833. The van der Waals surface area contributed by atoms with Crippen LogP contribution < -0.4 is 5.32 Å². The fourth-order valence-electron chi connectivity index (χ4n) is 1.57. The molecule has 0 aliphatic carbocycles. The molecule has 3 rings (SSSR count). The van der Waals surface area contributed by atoms with E-state index in [1.807, 2.05) is 18.2 Å². The molecule has 2 nitrogen and oxygen atoms in total. The summed E-state index contributed by atoms with van der Waals surface area (Å²) in [5.41, 5.74) is 0.955. The van der Waals surface area contributed by atoms with Crippen LogP contribution in [0.5, 0.6) is 0 Å². The molecule has 0 radical (unpaired) electrons. The topological polar surface area (TPSA) is 24.9 Å². The lowest BCUT2D eigenvalue weighted by Gasteiger charge is -1.97. The van der Waals surface area contributed by atoms with Crippen molar-refractivity contribution in [2.45, 2.75) is 6.54 Å². The first kappa shape index (κ1) is 11.0. The summed E-state index contributed by atoms with van der Waals surface area (Å²) in [7, 11) is 0. The summed E-state index contributed by atoms with van der Waals surface area (Å²) in [5.74, 6) is 0. The maximum atomic E-state index is 6.11. The van der Waals surface area contributed by atoms with E-state index in [0.717, 1.165) is 26.9 Å². The van der Waals surface area contributed by atoms with Gasteiger partial charge in [-0.2, -0.15) is 0 Å². The minimum Gasteiger partial charge on any atom is -0.357 e. The van der Waals surface area contributed by atoms with Gasteiger partial charge in [0, 0.05) is 4.88 Å². The third-order valence-electron chi connectivity index (χ3n) is 2.36. The van der Waals surface area contributed by atoms with Crippen molar-refractivity contribution in [2.24, 2.45) is 0 Å². The van der Waals surface area contributed by atoms with Crippen molar-refractivity contribution < 1.29 is 0 Å². The molecule has 3 aromatic rings. The van der Waals surface area contributed by atoms with E-state index in [1.54, 1.807) is 22.7 Å². The van der Waals surface area contributed by atoms with Crippen LogP contribution in [0.3, 0.4) is 0 Å². The lowest BCUT2D eigenvalue weighted by Crippen LogP contribution is -1.95. The second kappa shape index (κ2) is 4.64. The average Bonchev–Trinajstić information content (AvgIpc) is 2.95. The van der Waals surface area contributed by atoms with Gasteiger partial charge in [0.1, 0.15) is 0 Å². The van der Waals surface area contributed by atoms with Crippen LogP contribution in [0.25, 0.3) is 10.2 Å². The summed E-state index contributed by atoms with van der Waals surface area (Å²) in [5, 5.41) is 7.08. The van der Waals surface area contributed by atoms with Crippen molar-refractivity contribution in [3.63, 3.8) is 0 Å². The minimum atomic E-state index is 0.768. The van der Waals surface area contributed by atoms with Crippen LogP contribution in [0, 0.1) is 0 Å². The van der Waals surface area contributed by atoms with E-state index >= 15 is 0 Å². The highest BCUT2D eigenvalue weighted by Gasteiger charge is 2.06. The van der Waals surface area contributed by atoms with Gasteiger partial charge in [-0.05, 0) is 23.6 Å². The zero-order valence-electron chi connectivity index (χ0n) is 8.81. The Kier molecular flexibility index (Phi) is 3.01. The molecule has 1 aromatic carbocycles. The van der Waals surface area contributed by atoms with Gasteiger partial charge in [0.05, 0.1) is 21.8 Å². The highest BCUT2D eigenvalue weighted by molar-refractivity contribution is 7.22. The summed E-state index contributed by atoms with van der Waals surface area (Å²) in [6.45, 7) is 0.815. The number of thiazole rings is 1. The Morgan fingerprint density at radius 1 is 1.24 bits per heavy atom. The van der Waals surface area contributed by atoms with E-state index < -0.39 is 0 Å². The first-order chi connectivity index (χ1) is 8.33. The van der Waals surface area contributed by atoms with Gasteiger partial charge in [-0.25, -0.2) is 4.98 Å². The number of anilines is 1. The molecular weight excluding hydrogens is 272 g/mol. The Morgan fingerprint density at radius 3 is 2.94 bits per heavy atom. The Labute approximate surface area is 112 Å². The lowest BCUT2D eigenvalue weighted by atomic mass is 10.3. The Hall–Kier alpha value is -1.10. The summed E-state index contributed by atoms with van der Waals surface area (Å²) in [6, 6.07) is 9.96. The van der Waals surface area contributed by atoms with Crippen LogP contribution in [0.2, 0.25) is 5.02 Å². The van der Waals surface area contributed by atoms with Gasteiger partial charge in [-0.3, -0.25) is 0 Å². The van der Waals surface area contributed by atoms with Gasteiger partial charge in [-0.15, -0.1) is 11.3 Å². The van der Waals surface area contributed by atoms with Crippen molar-refractivity contribution in [2.75, 3.05) is 5.32 Å². The molecule has 2 heterocycles. The van der Waals surface area contributed by atoms with Crippen LogP contribution in [0.1, 0.15) is 4.88 Å². The molecule has 0 aliphatic rings. The number of hydrogen-bond donors (Lipinski definition) is 1. The summed E-state index contributed by atoms with van der Waals surface area (Å²) >= 11 is 9.45. The van der Waals surface area contributed by atoms with Crippen molar-refractivity contribution in [3.8, 4) is 0 Å². The highest BCUT2D eigenvalue weighted by Crippen LogP contribution is 2.31. The molecule has 1 N–H and O–H groups in total. The van der Waals surface area contributed by atoms with Gasteiger partial charge in [0.2, 0.25) is 0 Å². The van der Waals surface area contributed by atoms with E-state index in [2.05, 4.69) is 27.8 Å². The molecule has 0 aliphatic heterocycles. The summed E-state index contributed by atoms with van der Waals surface area (Å²) in [4.78, 5) is 5.80. The Balaban J connectivity index is 1.84. The van der Waals surface area contributed by atoms with Crippen LogP contribution in [0.15, 0.2) is 35.7 Å². The maximum Gasteiger partial charge on any atom is 0.184 e. The van der Waals surface area contributed by atoms with Gasteiger partial charge in [0.25, 0.3) is 0 Å². The van der Waals surface area contributed by atoms with Crippen molar-refractivity contribution in [1.82, 2.24) is 4.98 Å². The molecule has 17 heavy (non-hydrogen) atoms. The van der Waals surface area contributed by atoms with Crippen LogP contribution in [-0.4, -0.2) is 4.98 Å². The van der Waals surface area contributed by atoms with Crippen LogP contribution in [0.4, 0.5) is 5.13 Å². The SMILES string of the molecule is Clc1cccc2nc(NCc3cccs3)sc12. The maximum absolute atomic E-state index is 6.11. The fourth-order valence-corrected chi connectivity index (χ4v) is 3.36. The Bertz CT molecular complexity index is 631. The molecule has 0 unspecified atom stereocenters. The lowest BCUT2D eigenvalue weighted by molar-refractivity contribution is 1.18. The molecule has 5 heteroatoms. The Morgan fingerprint density at radius 2 is 2.18 bits per heavy atom. The standard InChI is InChI=1S/C12H9ClN2S2/c13-9-4-1-5-10-11(9)17-12(15-10)14-7-8-3-2-6-16-8/h1-6H,7H2,(H,14,15). The molecule has 0 fully saturated rings. The zero-order chi connectivity index (χ0) is 11.7. The second-order valence-corrected chi connectivity index (χ2v) is 5.98. The smallest absolute Gasteiger partial charge is 0.184 e. The third kappa shape index (κ3) is 2.29. The number of nitrogens with one attached hydrogen (secondary N) is 1. The number of aromatic nitrogens is 1. The first-order valence-corrected chi connectivity index (χ1v) is 7.21. The first-order valence-electron chi connectivity index (χ1n) is 5.14. The van der Waals surface area contributed by atoms with Gasteiger partial charge in [-0.1, -0.05) is 35.1 Å². The number of rotatable bonds is 3. The van der Waals surface area contributed by atoms with Crippen molar-refractivity contribution in [3.05, 3.63) is 45.6 Å². The zero-order valence-corrected chi connectivity index (χ0v) is 11.2. The number of hydrogen-bond acceptors (Lipinski definition) is 4. The van der Waals surface area contributed by atoms with E-state index in [-0.39, 0.29) is 0 Å². The number of fused-ring (bicyclic) bond motifs is 1. The summed E-state index contributed by atoms with van der Waals surface area (Å²) < 4.78 is 1.04. The van der Waals surface area contributed by atoms with E-state index in [0.29, 0.717) is 0 Å². The number of benzene rings is 1. The van der Waals surface area contributed by atoms with E-state index in [9.17, 15) is 0 Å². The molecule has 0 saturated heterocycles. The number of nitrogens with zero attached hydrogens (tertiary/aromatic N) is 1. The minimum absolute atomic E-state index is 0.768. The van der Waals surface area contributed by atoms with Gasteiger partial charge in [0.15, 0.2) is 5.13 Å². The number of halogens is 1. The summed E-state index contributed by atoms with van der Waals surface area (Å²) in [6.07, 6.45) is 0. The number of thiophene rings is 1. The molecule has 2 aromatic heterocycles. The molecule has 0 amide bonds. The molecule has 0 bridgehead atoms. The highest BCUT2D eigenvalue weighted by atomic mass is 35.5.